The van der Waals surface area contributed by atoms with Crippen LogP contribution in [0, 0.1) is 29.1 Å². The first kappa shape index (κ1) is 42.8. The molecule has 0 N–H and O–H groups in total. The van der Waals surface area contributed by atoms with Crippen LogP contribution in [0.15, 0.2) is 188 Å². The number of rotatable bonds is 5. The Bertz CT molecular complexity index is 4070. The van der Waals surface area contributed by atoms with Gasteiger partial charge in [-0.3, -0.25) is 0 Å². The maximum atomic E-state index is 2.87. The molecule has 0 aliphatic heterocycles. The number of hydrogen-bond donors (Lipinski definition) is 0. The minimum Gasteiger partial charge on any atom is -0.310 e. The van der Waals surface area contributed by atoms with E-state index in [0.29, 0.717) is 17.3 Å². The van der Waals surface area contributed by atoms with Gasteiger partial charge in [-0.2, -0.15) is 0 Å². The van der Waals surface area contributed by atoms with Crippen molar-refractivity contribution in [2.75, 3.05) is 4.90 Å². The first-order valence-corrected chi connectivity index (χ1v) is 29.7. The van der Waals surface area contributed by atoms with E-state index in [1.807, 2.05) is 0 Å². The van der Waals surface area contributed by atoms with Crippen molar-refractivity contribution in [3.63, 3.8) is 0 Å². The second-order valence-electron chi connectivity index (χ2n) is 26.7. The zero-order valence-corrected chi connectivity index (χ0v) is 44.3. The van der Waals surface area contributed by atoms with Crippen LogP contribution in [-0.2, 0) is 10.8 Å². The molecular formula is C76H63N. The lowest BCUT2D eigenvalue weighted by Gasteiger charge is -2.68. The Morgan fingerprint density at radius 1 is 0.351 bits per heavy atom. The average molecular weight is 990 g/mol. The van der Waals surface area contributed by atoms with Crippen molar-refractivity contribution in [3.05, 3.63) is 244 Å². The van der Waals surface area contributed by atoms with Crippen LogP contribution in [0.4, 0.5) is 17.1 Å². The molecule has 8 unspecified atom stereocenters. The molecule has 372 valence electrons. The number of fused-ring (bicyclic) bond motifs is 17. The summed E-state index contributed by atoms with van der Waals surface area (Å²) in [6.45, 7) is 4.79. The zero-order valence-electron chi connectivity index (χ0n) is 44.3. The van der Waals surface area contributed by atoms with Gasteiger partial charge >= 0.3 is 0 Å². The van der Waals surface area contributed by atoms with Gasteiger partial charge in [0.25, 0.3) is 0 Å². The van der Waals surface area contributed by atoms with E-state index in [0.717, 1.165) is 41.2 Å². The average Bonchev–Trinajstić information content (AvgIpc) is 3.41. The molecule has 1 nitrogen and oxygen atoms in total. The molecule has 1 heteroatoms. The van der Waals surface area contributed by atoms with Crippen LogP contribution < -0.4 is 4.90 Å². The standard InChI is InChI=1S/C76H63N/c1-74(2)66-17-9-6-15-56(66)58-27-25-54(37-68(58)74)77(73-19-11-8-14-55(73)46-12-4-3-5-13-46)53-23-20-45(21-24-53)47-22-26-59-57-16-7-10-18-67(57)76(70(59)34-47)71-40-62-49-31-43-28-44(32-49)30-48(29-43)60(62)38-63(71)64-39-61-50-33-51-35-52-36-69(75(51,52)42-50)65(61)41-72(64)76/h3-27,34,37-41,43-44,48-52,69H,28-33,35-36,42H2,1-2H3. The number of hydrogen-bond acceptors (Lipinski definition) is 1. The highest BCUT2D eigenvalue weighted by Gasteiger charge is 2.72. The molecule has 2 spiro atoms. The SMILES string of the molecule is CC1(C)c2ccccc2-c2ccc(N(c3ccc(-c4ccc5c(c4)C4(c6ccccc6-5)c5cc6c(cc5-c5cc7c(cc54)C4CC5CC8CC7CC854)C4CC5CC(C4)CC6C5)cc3)c3ccccc3-c3ccccc3)cc21. The molecule has 8 atom stereocenters. The summed E-state index contributed by atoms with van der Waals surface area (Å²) in [5.41, 5.74) is 33.2. The minimum absolute atomic E-state index is 0.113. The van der Waals surface area contributed by atoms with Crippen molar-refractivity contribution in [2.45, 2.75) is 106 Å². The number of benzene rings is 9. The first-order valence-electron chi connectivity index (χ1n) is 29.7. The summed E-state index contributed by atoms with van der Waals surface area (Å²) in [5, 5.41) is 0. The number of para-hydroxylation sites is 1. The van der Waals surface area contributed by atoms with Crippen molar-refractivity contribution < 1.29 is 0 Å². The molecule has 77 heavy (non-hydrogen) atoms. The normalized spacial score (nSPS) is 29.2. The fourth-order valence-electron chi connectivity index (χ4n) is 20.3. The molecule has 9 aromatic rings. The summed E-state index contributed by atoms with van der Waals surface area (Å²) >= 11 is 0. The molecule has 6 bridgehead atoms. The highest BCUT2D eigenvalue weighted by atomic mass is 15.1. The second kappa shape index (κ2) is 14.7. The topological polar surface area (TPSA) is 3.24 Å². The molecule has 0 aromatic heterocycles. The molecule has 0 radical (unpaired) electrons. The Kier molecular flexibility index (Phi) is 8.16. The van der Waals surface area contributed by atoms with E-state index in [1.165, 1.54) is 136 Å². The van der Waals surface area contributed by atoms with E-state index in [-0.39, 0.29) is 10.8 Å². The van der Waals surface area contributed by atoms with Crippen LogP contribution in [-0.4, -0.2) is 0 Å². The third kappa shape index (κ3) is 5.29. The van der Waals surface area contributed by atoms with E-state index in [9.17, 15) is 0 Å². The van der Waals surface area contributed by atoms with Crippen molar-refractivity contribution in [1.82, 2.24) is 0 Å². The van der Waals surface area contributed by atoms with Gasteiger partial charge in [0, 0.05) is 22.4 Å². The van der Waals surface area contributed by atoms with Crippen molar-refractivity contribution in [1.29, 1.82) is 0 Å². The Hall–Kier alpha value is -7.22. The third-order valence-corrected chi connectivity index (χ3v) is 23.4. The van der Waals surface area contributed by atoms with Crippen LogP contribution in [0.3, 0.4) is 0 Å². The summed E-state index contributed by atoms with van der Waals surface area (Å²) in [4.78, 5) is 2.51. The lowest BCUT2D eigenvalue weighted by molar-refractivity contribution is -0.146. The van der Waals surface area contributed by atoms with Crippen LogP contribution >= 0.6 is 0 Å². The van der Waals surface area contributed by atoms with E-state index in [2.05, 4.69) is 207 Å². The van der Waals surface area contributed by atoms with Gasteiger partial charge in [-0.25, -0.2) is 0 Å². The van der Waals surface area contributed by atoms with E-state index in [1.54, 1.807) is 44.5 Å². The molecular weight excluding hydrogens is 927 g/mol. The van der Waals surface area contributed by atoms with Gasteiger partial charge in [0.15, 0.2) is 0 Å². The molecule has 0 saturated heterocycles. The van der Waals surface area contributed by atoms with Gasteiger partial charge in [0.2, 0.25) is 0 Å². The lowest BCUT2D eigenvalue weighted by atomic mass is 9.36. The molecule has 9 aromatic carbocycles. The quantitative estimate of drug-likeness (QED) is 0.166. The smallest absolute Gasteiger partial charge is 0.0725 e. The largest absolute Gasteiger partial charge is 0.310 e. The first-order chi connectivity index (χ1) is 37.8. The van der Waals surface area contributed by atoms with Gasteiger partial charge in [-0.1, -0.05) is 166 Å². The molecule has 20 rings (SSSR count). The maximum absolute atomic E-state index is 2.87. The van der Waals surface area contributed by atoms with E-state index in [4.69, 9.17) is 0 Å². The van der Waals surface area contributed by atoms with Gasteiger partial charge < -0.3 is 4.90 Å². The summed E-state index contributed by atoms with van der Waals surface area (Å²) in [6, 6.07) is 74.3. The lowest BCUT2D eigenvalue weighted by Crippen LogP contribution is -2.59. The number of anilines is 3. The molecule has 5 fully saturated rings. The van der Waals surface area contributed by atoms with Crippen LogP contribution in [0.5, 0.6) is 0 Å². The van der Waals surface area contributed by atoms with Crippen LogP contribution in [0.2, 0.25) is 0 Å². The second-order valence-corrected chi connectivity index (χ2v) is 26.7. The predicted octanol–water partition coefficient (Wildman–Crippen LogP) is 19.5. The number of nitrogens with zero attached hydrogens (tertiary/aromatic N) is 1. The Balaban J connectivity index is 0.792. The molecule has 11 aliphatic carbocycles. The highest BCUT2D eigenvalue weighted by molar-refractivity contribution is 5.98. The van der Waals surface area contributed by atoms with Gasteiger partial charge in [-0.15, -0.1) is 0 Å². The predicted molar refractivity (Wildman–Crippen MR) is 315 cm³/mol. The summed E-state index contributed by atoms with van der Waals surface area (Å²) in [7, 11) is 0. The summed E-state index contributed by atoms with van der Waals surface area (Å²) < 4.78 is 0. The molecule has 5 saturated carbocycles. The molecule has 11 aliphatic rings. The molecule has 0 heterocycles. The monoisotopic (exact) mass is 989 g/mol. The van der Waals surface area contributed by atoms with Crippen molar-refractivity contribution in [3.8, 4) is 55.6 Å². The van der Waals surface area contributed by atoms with Gasteiger partial charge in [-0.05, 0) is 253 Å². The van der Waals surface area contributed by atoms with E-state index < -0.39 is 0 Å². The summed E-state index contributed by atoms with van der Waals surface area (Å²) in [5.74, 6) is 6.61. The molecule has 0 amide bonds. The van der Waals surface area contributed by atoms with Crippen molar-refractivity contribution in [2.24, 2.45) is 29.1 Å². The van der Waals surface area contributed by atoms with Crippen LogP contribution in [0.1, 0.15) is 151 Å². The van der Waals surface area contributed by atoms with Crippen molar-refractivity contribution >= 4 is 17.1 Å². The minimum atomic E-state index is -0.366. The Morgan fingerprint density at radius 3 is 1.66 bits per heavy atom. The maximum Gasteiger partial charge on any atom is 0.0725 e. The highest BCUT2D eigenvalue weighted by Crippen LogP contribution is 2.82. The van der Waals surface area contributed by atoms with E-state index >= 15 is 0 Å². The van der Waals surface area contributed by atoms with Gasteiger partial charge in [0.1, 0.15) is 0 Å². The zero-order chi connectivity index (χ0) is 50.3. The third-order valence-electron chi connectivity index (χ3n) is 23.4. The van der Waals surface area contributed by atoms with Crippen LogP contribution in [0.25, 0.3) is 55.6 Å². The Morgan fingerprint density at radius 2 is 0.909 bits per heavy atom. The van der Waals surface area contributed by atoms with Gasteiger partial charge in [0.05, 0.1) is 11.1 Å². The summed E-state index contributed by atoms with van der Waals surface area (Å²) in [6.07, 6.45) is 12.9. The fraction of sp³-hybridized carbons (Fsp3) is 0.289. The Labute approximate surface area is 454 Å². The fourth-order valence-corrected chi connectivity index (χ4v) is 20.3.